The standard InChI is InChI=1S/C14H12N2O2S/c17-8-2-1-3-13-9-11(10-19-13)14(18)16-12-4-6-15-7-5-12/h4-7,9-10,17H,2,8H2,(H,15,16,18). The Kier molecular flexibility index (Phi) is 4.67. The number of carbonyl (C=O) groups is 1. The molecule has 2 aromatic rings. The van der Waals surface area contributed by atoms with Gasteiger partial charge in [0.1, 0.15) is 0 Å². The summed E-state index contributed by atoms with van der Waals surface area (Å²) in [5, 5.41) is 13.2. The van der Waals surface area contributed by atoms with Crippen LogP contribution < -0.4 is 5.32 Å². The number of pyridine rings is 1. The molecule has 2 aromatic heterocycles. The van der Waals surface area contributed by atoms with Crippen molar-refractivity contribution >= 4 is 22.9 Å². The molecular formula is C14H12N2O2S. The Balaban J connectivity index is 2.03. The number of anilines is 1. The number of aliphatic hydroxyl groups excluding tert-OH is 1. The molecule has 0 radical (unpaired) electrons. The van der Waals surface area contributed by atoms with Gasteiger partial charge in [0.15, 0.2) is 0 Å². The summed E-state index contributed by atoms with van der Waals surface area (Å²) < 4.78 is 0. The van der Waals surface area contributed by atoms with Crippen molar-refractivity contribution in [2.45, 2.75) is 6.42 Å². The van der Waals surface area contributed by atoms with Crippen LogP contribution in [0.4, 0.5) is 5.69 Å². The lowest BCUT2D eigenvalue weighted by Gasteiger charge is -2.01. The summed E-state index contributed by atoms with van der Waals surface area (Å²) in [6.07, 6.45) is 3.68. The van der Waals surface area contributed by atoms with E-state index >= 15 is 0 Å². The molecule has 2 N–H and O–H groups in total. The van der Waals surface area contributed by atoms with E-state index in [2.05, 4.69) is 22.1 Å². The third-order valence-corrected chi connectivity index (χ3v) is 3.09. The Labute approximate surface area is 115 Å². The summed E-state index contributed by atoms with van der Waals surface area (Å²) in [5.41, 5.74) is 1.29. The van der Waals surface area contributed by atoms with Crippen molar-refractivity contribution in [3.8, 4) is 11.8 Å². The lowest BCUT2D eigenvalue weighted by molar-refractivity contribution is 0.102. The number of nitrogens with one attached hydrogen (secondary N) is 1. The maximum Gasteiger partial charge on any atom is 0.256 e. The number of carbonyl (C=O) groups excluding carboxylic acids is 1. The van der Waals surface area contributed by atoms with E-state index < -0.39 is 0 Å². The molecule has 0 bridgehead atoms. The van der Waals surface area contributed by atoms with Crippen LogP contribution in [-0.4, -0.2) is 22.6 Å². The fourth-order valence-corrected chi connectivity index (χ4v) is 2.12. The zero-order valence-corrected chi connectivity index (χ0v) is 10.9. The smallest absolute Gasteiger partial charge is 0.256 e. The lowest BCUT2D eigenvalue weighted by atomic mass is 10.2. The van der Waals surface area contributed by atoms with Gasteiger partial charge < -0.3 is 10.4 Å². The minimum Gasteiger partial charge on any atom is -0.395 e. The van der Waals surface area contributed by atoms with Gasteiger partial charge in [0.25, 0.3) is 5.91 Å². The normalized spacial score (nSPS) is 9.53. The van der Waals surface area contributed by atoms with Gasteiger partial charge in [-0.15, -0.1) is 11.3 Å². The molecule has 0 saturated carbocycles. The van der Waals surface area contributed by atoms with Crippen molar-refractivity contribution < 1.29 is 9.90 Å². The molecule has 0 atom stereocenters. The van der Waals surface area contributed by atoms with E-state index in [0.717, 1.165) is 4.88 Å². The van der Waals surface area contributed by atoms with E-state index in [1.165, 1.54) is 11.3 Å². The SMILES string of the molecule is O=C(Nc1ccncc1)c1csc(C#CCCO)c1. The average molecular weight is 272 g/mol. The number of aromatic nitrogens is 1. The highest BCUT2D eigenvalue weighted by molar-refractivity contribution is 7.10. The number of amides is 1. The van der Waals surface area contributed by atoms with Crippen LogP contribution in [0.2, 0.25) is 0 Å². The number of rotatable bonds is 3. The monoisotopic (exact) mass is 272 g/mol. The van der Waals surface area contributed by atoms with Gasteiger partial charge in [0.2, 0.25) is 0 Å². The van der Waals surface area contributed by atoms with Crippen LogP contribution in [-0.2, 0) is 0 Å². The average Bonchev–Trinajstić information content (AvgIpc) is 2.89. The molecule has 2 rings (SSSR count). The summed E-state index contributed by atoms with van der Waals surface area (Å²) in [7, 11) is 0. The fraction of sp³-hybridized carbons (Fsp3) is 0.143. The first-order valence-electron chi connectivity index (χ1n) is 5.69. The minimum absolute atomic E-state index is 0.0494. The summed E-state index contributed by atoms with van der Waals surface area (Å²) in [6, 6.07) is 5.20. The molecule has 19 heavy (non-hydrogen) atoms. The van der Waals surface area contributed by atoms with Crippen molar-refractivity contribution in [3.63, 3.8) is 0 Å². The highest BCUT2D eigenvalue weighted by Crippen LogP contribution is 2.15. The van der Waals surface area contributed by atoms with Crippen LogP contribution in [0.5, 0.6) is 0 Å². The molecule has 0 aliphatic carbocycles. The zero-order chi connectivity index (χ0) is 13.5. The second-order valence-electron chi connectivity index (χ2n) is 3.67. The molecule has 0 fully saturated rings. The molecule has 96 valence electrons. The molecule has 2 heterocycles. The number of hydrogen-bond acceptors (Lipinski definition) is 4. The number of thiophene rings is 1. The molecular weight excluding hydrogens is 260 g/mol. The van der Waals surface area contributed by atoms with Gasteiger partial charge >= 0.3 is 0 Å². The van der Waals surface area contributed by atoms with Gasteiger partial charge in [0.05, 0.1) is 17.0 Å². The minimum atomic E-state index is -0.169. The van der Waals surface area contributed by atoms with E-state index in [1.54, 1.807) is 36.0 Å². The van der Waals surface area contributed by atoms with E-state index in [0.29, 0.717) is 17.7 Å². The zero-order valence-electron chi connectivity index (χ0n) is 10.1. The number of hydrogen-bond donors (Lipinski definition) is 2. The maximum atomic E-state index is 11.9. The van der Waals surface area contributed by atoms with Crippen LogP contribution in [0, 0.1) is 11.8 Å². The van der Waals surface area contributed by atoms with E-state index in [9.17, 15) is 4.79 Å². The van der Waals surface area contributed by atoms with E-state index in [4.69, 9.17) is 5.11 Å². The van der Waals surface area contributed by atoms with Gasteiger partial charge in [0, 0.05) is 29.9 Å². The molecule has 0 aliphatic rings. The third kappa shape index (κ3) is 3.91. The summed E-state index contributed by atoms with van der Waals surface area (Å²) in [6.45, 7) is 0.0494. The second kappa shape index (κ2) is 6.69. The van der Waals surface area contributed by atoms with Crippen molar-refractivity contribution in [2.75, 3.05) is 11.9 Å². The van der Waals surface area contributed by atoms with Crippen molar-refractivity contribution in [2.24, 2.45) is 0 Å². The van der Waals surface area contributed by atoms with Gasteiger partial charge in [-0.1, -0.05) is 11.8 Å². The van der Waals surface area contributed by atoms with E-state index in [-0.39, 0.29) is 12.5 Å². The molecule has 0 aliphatic heterocycles. The first-order valence-corrected chi connectivity index (χ1v) is 6.57. The second-order valence-corrected chi connectivity index (χ2v) is 4.58. The van der Waals surface area contributed by atoms with Gasteiger partial charge in [-0.05, 0) is 18.2 Å². The Hall–Kier alpha value is -2.16. The lowest BCUT2D eigenvalue weighted by Crippen LogP contribution is -2.10. The van der Waals surface area contributed by atoms with Gasteiger partial charge in [-0.3, -0.25) is 9.78 Å². The predicted molar refractivity (Wildman–Crippen MR) is 75.1 cm³/mol. The van der Waals surface area contributed by atoms with Crippen LogP contribution in [0.25, 0.3) is 0 Å². The summed E-state index contributed by atoms with van der Waals surface area (Å²) >= 11 is 1.41. The number of nitrogens with zero attached hydrogens (tertiary/aromatic N) is 1. The first kappa shape index (κ1) is 13.3. The predicted octanol–water partition coefficient (Wildman–Crippen LogP) is 2.13. The summed E-state index contributed by atoms with van der Waals surface area (Å²) in [4.78, 5) is 16.6. The molecule has 5 heteroatoms. The van der Waals surface area contributed by atoms with Crippen LogP contribution in [0.15, 0.2) is 36.0 Å². The Bertz CT molecular complexity index is 611. The molecule has 0 unspecified atom stereocenters. The molecule has 0 spiro atoms. The fourth-order valence-electron chi connectivity index (χ4n) is 1.36. The molecule has 0 aromatic carbocycles. The van der Waals surface area contributed by atoms with Crippen LogP contribution in [0.3, 0.4) is 0 Å². The number of aliphatic hydroxyl groups is 1. The Morgan fingerprint density at radius 1 is 1.42 bits per heavy atom. The highest BCUT2D eigenvalue weighted by Gasteiger charge is 2.08. The molecule has 4 nitrogen and oxygen atoms in total. The topological polar surface area (TPSA) is 62.2 Å². The van der Waals surface area contributed by atoms with Gasteiger partial charge in [-0.25, -0.2) is 0 Å². The van der Waals surface area contributed by atoms with Crippen molar-refractivity contribution in [1.29, 1.82) is 0 Å². The largest absolute Gasteiger partial charge is 0.395 e. The van der Waals surface area contributed by atoms with Gasteiger partial charge in [-0.2, -0.15) is 0 Å². The molecule has 1 amide bonds. The maximum absolute atomic E-state index is 11.9. The quantitative estimate of drug-likeness (QED) is 0.841. The van der Waals surface area contributed by atoms with E-state index in [1.807, 2.05) is 0 Å². The third-order valence-electron chi connectivity index (χ3n) is 2.25. The molecule has 0 saturated heterocycles. The Morgan fingerprint density at radius 3 is 2.95 bits per heavy atom. The van der Waals surface area contributed by atoms with Crippen molar-refractivity contribution in [1.82, 2.24) is 4.98 Å². The summed E-state index contributed by atoms with van der Waals surface area (Å²) in [5.74, 6) is 5.56. The Morgan fingerprint density at radius 2 is 2.21 bits per heavy atom. The van der Waals surface area contributed by atoms with Crippen molar-refractivity contribution in [3.05, 3.63) is 46.4 Å². The van der Waals surface area contributed by atoms with Crippen LogP contribution in [0.1, 0.15) is 21.7 Å². The highest BCUT2D eigenvalue weighted by atomic mass is 32.1. The van der Waals surface area contributed by atoms with Crippen LogP contribution >= 0.6 is 11.3 Å². The first-order chi connectivity index (χ1) is 9.29.